The van der Waals surface area contributed by atoms with Crippen LogP contribution in [0.1, 0.15) is 102 Å². The number of carbonyl (C=O) groups is 1. The SMILES string of the molecule is CCCCCCCC(=O)O[C@]1(O)CC[C@H]2[C@@H]3CCc4cc(O)ccc4[C@H]3CC[C@@]21C. The Balaban J connectivity index is 1.43. The number of hydrogen-bond donors (Lipinski definition) is 2. The Labute approximate surface area is 181 Å². The molecule has 5 atom stereocenters. The van der Waals surface area contributed by atoms with Crippen LogP contribution in [0.2, 0.25) is 0 Å². The van der Waals surface area contributed by atoms with Crippen LogP contribution in [0.25, 0.3) is 0 Å². The summed E-state index contributed by atoms with van der Waals surface area (Å²) < 4.78 is 5.83. The highest BCUT2D eigenvalue weighted by Gasteiger charge is 2.63. The predicted octanol–water partition coefficient (Wildman–Crippen LogP) is 5.84. The van der Waals surface area contributed by atoms with Gasteiger partial charge in [-0.25, -0.2) is 0 Å². The molecule has 0 heterocycles. The van der Waals surface area contributed by atoms with Crippen molar-refractivity contribution in [3.8, 4) is 5.75 Å². The van der Waals surface area contributed by atoms with Gasteiger partial charge in [-0.1, -0.05) is 45.6 Å². The monoisotopic (exact) mass is 414 g/mol. The number of esters is 1. The molecule has 2 saturated carbocycles. The van der Waals surface area contributed by atoms with Gasteiger partial charge in [0.1, 0.15) is 5.75 Å². The van der Waals surface area contributed by atoms with Gasteiger partial charge in [-0.2, -0.15) is 0 Å². The first kappa shape index (κ1) is 21.7. The van der Waals surface area contributed by atoms with Crippen LogP contribution in [0.15, 0.2) is 18.2 Å². The van der Waals surface area contributed by atoms with E-state index in [-0.39, 0.29) is 11.4 Å². The Morgan fingerprint density at radius 2 is 1.93 bits per heavy atom. The summed E-state index contributed by atoms with van der Waals surface area (Å²) in [7, 11) is 0. The highest BCUT2D eigenvalue weighted by molar-refractivity contribution is 5.69. The molecule has 1 aromatic rings. The van der Waals surface area contributed by atoms with Crippen LogP contribution in [0.3, 0.4) is 0 Å². The Morgan fingerprint density at radius 3 is 2.73 bits per heavy atom. The van der Waals surface area contributed by atoms with Crippen LogP contribution < -0.4 is 0 Å². The van der Waals surface area contributed by atoms with Crippen LogP contribution in [-0.2, 0) is 16.0 Å². The van der Waals surface area contributed by atoms with E-state index in [1.54, 1.807) is 0 Å². The Morgan fingerprint density at radius 1 is 1.13 bits per heavy atom. The number of hydrogen-bond acceptors (Lipinski definition) is 4. The van der Waals surface area contributed by atoms with Gasteiger partial charge in [-0.05, 0) is 79.5 Å². The highest BCUT2D eigenvalue weighted by atomic mass is 16.7. The summed E-state index contributed by atoms with van der Waals surface area (Å²) in [6.07, 6.45) is 11.3. The number of rotatable bonds is 7. The average molecular weight is 415 g/mol. The molecule has 0 aromatic heterocycles. The van der Waals surface area contributed by atoms with Gasteiger partial charge < -0.3 is 14.9 Å². The molecule has 1 aromatic carbocycles. The minimum atomic E-state index is -1.32. The lowest BCUT2D eigenvalue weighted by Gasteiger charge is -2.52. The number of unbranched alkanes of at least 4 members (excludes halogenated alkanes) is 4. The summed E-state index contributed by atoms with van der Waals surface area (Å²) in [6, 6.07) is 5.83. The molecule has 3 aliphatic carbocycles. The van der Waals surface area contributed by atoms with Crippen molar-refractivity contribution < 1.29 is 19.7 Å². The lowest BCUT2D eigenvalue weighted by atomic mass is 9.55. The van der Waals surface area contributed by atoms with Crippen molar-refractivity contribution in [2.45, 2.75) is 103 Å². The van der Waals surface area contributed by atoms with Crippen molar-refractivity contribution in [1.82, 2.24) is 0 Å². The summed E-state index contributed by atoms with van der Waals surface area (Å²) in [6.45, 7) is 4.34. The predicted molar refractivity (Wildman–Crippen MR) is 117 cm³/mol. The average Bonchev–Trinajstić information content (AvgIpc) is 2.98. The van der Waals surface area contributed by atoms with Crippen LogP contribution in [0, 0.1) is 17.3 Å². The molecule has 0 bridgehead atoms. The number of aromatic hydroxyl groups is 1. The molecule has 4 rings (SSSR count). The maximum Gasteiger partial charge on any atom is 0.308 e. The van der Waals surface area contributed by atoms with Gasteiger partial charge in [0.2, 0.25) is 5.79 Å². The lowest BCUT2D eigenvalue weighted by molar-refractivity contribution is -0.260. The van der Waals surface area contributed by atoms with Crippen molar-refractivity contribution in [3.63, 3.8) is 0 Å². The fraction of sp³-hybridized carbons (Fsp3) is 0.731. The van der Waals surface area contributed by atoms with E-state index in [2.05, 4.69) is 19.9 Å². The van der Waals surface area contributed by atoms with Crippen LogP contribution in [-0.4, -0.2) is 22.0 Å². The minimum Gasteiger partial charge on any atom is -0.508 e. The van der Waals surface area contributed by atoms with Gasteiger partial charge in [0.25, 0.3) is 0 Å². The molecule has 0 aliphatic heterocycles. The van der Waals surface area contributed by atoms with Crippen molar-refractivity contribution in [2.24, 2.45) is 17.3 Å². The zero-order valence-electron chi connectivity index (χ0n) is 18.7. The molecule has 2 fully saturated rings. The third-order valence-electron chi connectivity index (χ3n) is 8.55. The van der Waals surface area contributed by atoms with E-state index < -0.39 is 5.79 Å². The fourth-order valence-electron chi connectivity index (χ4n) is 6.82. The van der Waals surface area contributed by atoms with E-state index >= 15 is 0 Å². The second-order valence-electron chi connectivity index (χ2n) is 10.2. The first-order valence-corrected chi connectivity index (χ1v) is 12.1. The van der Waals surface area contributed by atoms with Crippen LogP contribution >= 0.6 is 0 Å². The number of fused-ring (bicyclic) bond motifs is 5. The second-order valence-corrected chi connectivity index (χ2v) is 10.2. The minimum absolute atomic E-state index is 0.234. The van der Waals surface area contributed by atoms with E-state index in [0.717, 1.165) is 51.4 Å². The third kappa shape index (κ3) is 3.77. The Kier molecular flexibility index (Phi) is 6.16. The Hall–Kier alpha value is -1.55. The standard InChI is InChI=1S/C26H38O4/c1-3-4-5-6-7-8-24(28)30-26(29)16-14-23-22-11-9-18-17-19(27)10-12-20(18)21(22)13-15-25(23,26)2/h10,12,17,21-23,27,29H,3-9,11,13-16H2,1-2H3/t21-,22-,23+,25+,26-/m1/s1. The van der Waals surface area contributed by atoms with E-state index in [1.807, 2.05) is 12.1 Å². The molecule has 0 unspecified atom stereocenters. The molecular formula is C26H38O4. The van der Waals surface area contributed by atoms with Crippen molar-refractivity contribution in [3.05, 3.63) is 29.3 Å². The van der Waals surface area contributed by atoms with Gasteiger partial charge >= 0.3 is 5.97 Å². The molecular weight excluding hydrogens is 376 g/mol. The summed E-state index contributed by atoms with van der Waals surface area (Å²) in [5.74, 6) is 0.178. The third-order valence-corrected chi connectivity index (χ3v) is 8.55. The number of ether oxygens (including phenoxy) is 1. The number of phenolic OH excluding ortho intramolecular Hbond substituents is 1. The van der Waals surface area contributed by atoms with E-state index in [0.29, 0.717) is 36.3 Å². The molecule has 30 heavy (non-hydrogen) atoms. The largest absolute Gasteiger partial charge is 0.508 e. The fourth-order valence-corrected chi connectivity index (χ4v) is 6.82. The smallest absolute Gasteiger partial charge is 0.308 e. The first-order valence-electron chi connectivity index (χ1n) is 12.1. The quantitative estimate of drug-likeness (QED) is 0.334. The lowest BCUT2D eigenvalue weighted by Crippen LogP contribution is -2.53. The van der Waals surface area contributed by atoms with Crippen molar-refractivity contribution in [1.29, 1.82) is 0 Å². The van der Waals surface area contributed by atoms with Gasteiger partial charge in [0.05, 0.1) is 0 Å². The molecule has 0 radical (unpaired) electrons. The first-order chi connectivity index (χ1) is 14.4. The maximum atomic E-state index is 12.5. The van der Waals surface area contributed by atoms with Crippen LogP contribution in [0.5, 0.6) is 5.75 Å². The van der Waals surface area contributed by atoms with Crippen LogP contribution in [0.4, 0.5) is 0 Å². The van der Waals surface area contributed by atoms with E-state index in [9.17, 15) is 15.0 Å². The summed E-state index contributed by atoms with van der Waals surface area (Å²) in [4.78, 5) is 12.5. The molecule has 3 aliphatic rings. The van der Waals surface area contributed by atoms with E-state index in [4.69, 9.17) is 4.74 Å². The zero-order valence-corrected chi connectivity index (χ0v) is 18.7. The number of aliphatic hydroxyl groups is 1. The van der Waals surface area contributed by atoms with Crippen molar-refractivity contribution >= 4 is 5.97 Å². The molecule has 4 nitrogen and oxygen atoms in total. The topological polar surface area (TPSA) is 66.8 Å². The number of aryl methyl sites for hydroxylation is 1. The normalized spacial score (nSPS) is 34.7. The number of benzene rings is 1. The molecule has 0 amide bonds. The molecule has 0 saturated heterocycles. The highest BCUT2D eigenvalue weighted by Crippen LogP contribution is 2.64. The van der Waals surface area contributed by atoms with Gasteiger partial charge in [0, 0.05) is 18.3 Å². The second kappa shape index (κ2) is 8.53. The molecule has 2 N–H and O–H groups in total. The van der Waals surface area contributed by atoms with Gasteiger partial charge in [-0.15, -0.1) is 0 Å². The summed E-state index contributed by atoms with van der Waals surface area (Å²) in [5, 5.41) is 21.4. The maximum absolute atomic E-state index is 12.5. The Bertz CT molecular complexity index is 774. The summed E-state index contributed by atoms with van der Waals surface area (Å²) in [5.41, 5.74) is 2.30. The van der Waals surface area contributed by atoms with E-state index in [1.165, 1.54) is 24.0 Å². The summed E-state index contributed by atoms with van der Waals surface area (Å²) >= 11 is 0. The number of phenols is 1. The number of carbonyl (C=O) groups excluding carboxylic acids is 1. The molecule has 166 valence electrons. The zero-order chi connectivity index (χ0) is 21.4. The van der Waals surface area contributed by atoms with Crippen molar-refractivity contribution in [2.75, 3.05) is 0 Å². The van der Waals surface area contributed by atoms with Gasteiger partial charge in [0.15, 0.2) is 0 Å². The molecule has 0 spiro atoms. The van der Waals surface area contributed by atoms with Gasteiger partial charge in [-0.3, -0.25) is 4.79 Å². The molecule has 4 heteroatoms.